The van der Waals surface area contributed by atoms with E-state index in [0.29, 0.717) is 0 Å². The molecule has 142 valence electrons. The fourth-order valence-electron chi connectivity index (χ4n) is 4.18. The van der Waals surface area contributed by atoms with Crippen LogP contribution in [0.5, 0.6) is 0 Å². The first kappa shape index (κ1) is 18.1. The average molecular weight is 395 g/mol. The van der Waals surface area contributed by atoms with Gasteiger partial charge in [-0.15, -0.1) is 11.3 Å². The molecule has 1 aliphatic rings. The summed E-state index contributed by atoms with van der Waals surface area (Å²) in [5.74, 6) is 0.264. The molecule has 0 radical (unpaired) electrons. The van der Waals surface area contributed by atoms with Gasteiger partial charge in [0.15, 0.2) is 5.43 Å². The number of hydrogen-bond donors (Lipinski definition) is 0. The third kappa shape index (κ3) is 3.34. The molecule has 0 bridgehead atoms. The maximum atomic E-state index is 13.4. The van der Waals surface area contributed by atoms with Crippen LogP contribution in [0.15, 0.2) is 71.5 Å². The molecule has 1 heterocycles. The molecule has 3 aromatic carbocycles. The van der Waals surface area contributed by atoms with Gasteiger partial charge in [-0.05, 0) is 49.1 Å². The van der Waals surface area contributed by atoms with Crippen LogP contribution in [0.4, 0.5) is 0 Å². The second-order valence-electron chi connectivity index (χ2n) is 7.92. The Kier molecular flexibility index (Phi) is 4.44. The van der Waals surface area contributed by atoms with E-state index < -0.39 is 0 Å². The summed E-state index contributed by atoms with van der Waals surface area (Å²) in [7, 11) is 0. The lowest BCUT2D eigenvalue weighted by atomic mass is 9.91. The minimum atomic E-state index is 0.150. The lowest BCUT2D eigenvalue weighted by molar-refractivity contribution is 0.921. The molecule has 0 N–H and O–H groups in total. The summed E-state index contributed by atoms with van der Waals surface area (Å²) in [6.45, 7) is 4.21. The van der Waals surface area contributed by atoms with Gasteiger partial charge in [0, 0.05) is 25.8 Å². The smallest absolute Gasteiger partial charge is 0.195 e. The summed E-state index contributed by atoms with van der Waals surface area (Å²) in [6.07, 6.45) is 5.36. The number of rotatable bonds is 2. The highest BCUT2D eigenvalue weighted by Crippen LogP contribution is 2.26. The molecule has 0 spiro atoms. The Balaban J connectivity index is 1.69. The Morgan fingerprint density at radius 1 is 0.862 bits per heavy atom. The first-order valence-corrected chi connectivity index (χ1v) is 10.8. The monoisotopic (exact) mass is 394 g/mol. The molecule has 1 unspecified atom stereocenters. The number of fused-ring (bicyclic) bond motifs is 2. The number of benzene rings is 3. The van der Waals surface area contributed by atoms with Crippen molar-refractivity contribution in [1.82, 2.24) is 0 Å². The standard InChI is InChI=1S/C27H22OS/c1-17-5-3-7-19(13-17)21-9-11-25-23(15-21)27(28)24-16-22(10-12-26(24)29-25)20-8-4-6-18(2)14-20/h3-9,11-16,22H,10H2,1-2H3. The van der Waals surface area contributed by atoms with Gasteiger partial charge in [-0.25, -0.2) is 0 Å². The van der Waals surface area contributed by atoms with Crippen molar-refractivity contribution in [1.29, 1.82) is 0 Å². The Hall–Kier alpha value is -2.97. The average Bonchev–Trinajstić information content (AvgIpc) is 2.73. The molecule has 1 atom stereocenters. The van der Waals surface area contributed by atoms with Gasteiger partial charge in [-0.3, -0.25) is 4.79 Å². The lowest BCUT2D eigenvalue weighted by Gasteiger charge is -2.15. The van der Waals surface area contributed by atoms with Crippen molar-refractivity contribution in [3.63, 3.8) is 0 Å². The van der Waals surface area contributed by atoms with Gasteiger partial charge < -0.3 is 0 Å². The molecule has 0 saturated heterocycles. The maximum Gasteiger partial charge on any atom is 0.195 e. The zero-order valence-corrected chi connectivity index (χ0v) is 17.4. The van der Waals surface area contributed by atoms with Gasteiger partial charge in [0.2, 0.25) is 0 Å². The van der Waals surface area contributed by atoms with E-state index in [1.165, 1.54) is 16.7 Å². The highest BCUT2D eigenvalue weighted by Gasteiger charge is 2.14. The highest BCUT2D eigenvalue weighted by molar-refractivity contribution is 7.16. The third-order valence-corrected chi connectivity index (χ3v) is 6.88. The van der Waals surface area contributed by atoms with Crippen molar-refractivity contribution < 1.29 is 0 Å². The molecular formula is C27H22OS. The van der Waals surface area contributed by atoms with Crippen LogP contribution in [-0.4, -0.2) is 0 Å². The van der Waals surface area contributed by atoms with Gasteiger partial charge in [0.25, 0.3) is 0 Å². The summed E-state index contributed by atoms with van der Waals surface area (Å²) in [5.41, 5.74) is 6.17. The van der Waals surface area contributed by atoms with Crippen molar-refractivity contribution in [3.8, 4) is 11.1 Å². The van der Waals surface area contributed by atoms with Gasteiger partial charge in [0.05, 0.1) is 0 Å². The van der Waals surface area contributed by atoms with Gasteiger partial charge >= 0.3 is 0 Å². The quantitative estimate of drug-likeness (QED) is 0.451. The molecule has 1 nitrogen and oxygen atoms in total. The van der Waals surface area contributed by atoms with Gasteiger partial charge in [0.1, 0.15) is 0 Å². The first-order chi connectivity index (χ1) is 14.1. The molecule has 5 rings (SSSR count). The van der Waals surface area contributed by atoms with E-state index >= 15 is 0 Å². The predicted octanol–water partition coefficient (Wildman–Crippen LogP) is 5.29. The van der Waals surface area contributed by atoms with Crippen LogP contribution in [0.3, 0.4) is 0 Å². The SMILES string of the molecule is Cc1cccc(-c2ccc3sc4c(c(=O)c3c2)=CC(c2cccc(C)c2)CC=4)c1. The van der Waals surface area contributed by atoms with Crippen molar-refractivity contribution in [3.05, 3.63) is 103 Å². The second kappa shape index (κ2) is 7.13. The summed E-state index contributed by atoms with van der Waals surface area (Å²) < 4.78 is 2.17. The summed E-state index contributed by atoms with van der Waals surface area (Å²) in [4.78, 5) is 13.4. The highest BCUT2D eigenvalue weighted by atomic mass is 32.1. The number of aryl methyl sites for hydroxylation is 2. The molecular weight excluding hydrogens is 372 g/mol. The fourth-order valence-corrected chi connectivity index (χ4v) is 5.26. The zero-order valence-electron chi connectivity index (χ0n) is 16.6. The van der Waals surface area contributed by atoms with Gasteiger partial charge in [-0.2, -0.15) is 0 Å². The normalized spacial score (nSPS) is 15.4. The summed E-state index contributed by atoms with van der Waals surface area (Å²) >= 11 is 1.72. The van der Waals surface area contributed by atoms with E-state index in [9.17, 15) is 4.79 Å². The fraction of sp³-hybridized carbons (Fsp3) is 0.148. The summed E-state index contributed by atoms with van der Waals surface area (Å²) in [6, 6.07) is 23.3. The Morgan fingerprint density at radius 2 is 1.62 bits per heavy atom. The molecule has 0 amide bonds. The molecule has 1 aromatic heterocycles. The van der Waals surface area contributed by atoms with E-state index in [-0.39, 0.29) is 11.3 Å². The Bertz CT molecular complexity index is 1430. The van der Waals surface area contributed by atoms with Crippen LogP contribution < -0.4 is 15.2 Å². The molecule has 4 aromatic rings. The van der Waals surface area contributed by atoms with Crippen LogP contribution >= 0.6 is 11.3 Å². The Morgan fingerprint density at radius 3 is 2.41 bits per heavy atom. The van der Waals surface area contributed by atoms with Gasteiger partial charge in [-0.1, -0.05) is 77.9 Å². The first-order valence-electron chi connectivity index (χ1n) is 10.0. The number of hydrogen-bond acceptors (Lipinski definition) is 2. The van der Waals surface area contributed by atoms with E-state index in [4.69, 9.17) is 0 Å². The lowest BCUT2D eigenvalue weighted by Crippen LogP contribution is -2.39. The van der Waals surface area contributed by atoms with Crippen molar-refractivity contribution in [2.45, 2.75) is 26.2 Å². The zero-order chi connectivity index (χ0) is 20.0. The molecule has 0 aliphatic heterocycles. The molecule has 0 saturated carbocycles. The van der Waals surface area contributed by atoms with Crippen LogP contribution in [0.1, 0.15) is 29.0 Å². The molecule has 2 heteroatoms. The second-order valence-corrected chi connectivity index (χ2v) is 9.00. The maximum absolute atomic E-state index is 13.4. The topological polar surface area (TPSA) is 17.1 Å². The van der Waals surface area contributed by atoms with Crippen molar-refractivity contribution in [2.75, 3.05) is 0 Å². The van der Waals surface area contributed by atoms with Crippen molar-refractivity contribution in [2.24, 2.45) is 0 Å². The minimum absolute atomic E-state index is 0.150. The summed E-state index contributed by atoms with van der Waals surface area (Å²) in [5, 5.41) is 1.68. The molecule has 29 heavy (non-hydrogen) atoms. The van der Waals surface area contributed by atoms with E-state index in [1.807, 2.05) is 0 Å². The van der Waals surface area contributed by atoms with E-state index in [1.54, 1.807) is 11.3 Å². The third-order valence-electron chi connectivity index (χ3n) is 5.70. The van der Waals surface area contributed by atoms with Crippen molar-refractivity contribution >= 4 is 33.6 Å². The molecule has 0 fully saturated rings. The minimum Gasteiger partial charge on any atom is -0.289 e. The predicted molar refractivity (Wildman–Crippen MR) is 125 cm³/mol. The van der Waals surface area contributed by atoms with Crippen LogP contribution in [0.2, 0.25) is 0 Å². The van der Waals surface area contributed by atoms with E-state index in [0.717, 1.165) is 37.4 Å². The molecule has 1 aliphatic carbocycles. The van der Waals surface area contributed by atoms with Crippen LogP contribution in [0, 0.1) is 13.8 Å². The van der Waals surface area contributed by atoms with Crippen LogP contribution in [-0.2, 0) is 0 Å². The largest absolute Gasteiger partial charge is 0.289 e. The van der Waals surface area contributed by atoms with Crippen LogP contribution in [0.25, 0.3) is 33.4 Å². The van der Waals surface area contributed by atoms with E-state index in [2.05, 4.69) is 92.7 Å². The Labute approximate surface area is 174 Å².